The molecule has 0 spiro atoms. The number of nitrogens with two attached hydrogens (primary N) is 1. The third-order valence-electron chi connectivity index (χ3n) is 3.94. The normalized spacial score (nSPS) is 21.6. The Hall–Kier alpha value is -0.130. The summed E-state index contributed by atoms with van der Waals surface area (Å²) in [6.45, 7) is 2.78. The van der Waals surface area contributed by atoms with Crippen molar-refractivity contribution < 1.29 is 0 Å². The Bertz CT molecular complexity index is 453. The van der Waals surface area contributed by atoms with Gasteiger partial charge in [-0.15, -0.1) is 0 Å². The van der Waals surface area contributed by atoms with E-state index in [2.05, 4.69) is 45.9 Å². The average Bonchev–Trinajstić information content (AvgIpc) is 2.80. The number of halogens is 2. The van der Waals surface area contributed by atoms with Gasteiger partial charge in [0.15, 0.2) is 0 Å². The smallest absolute Gasteiger partial charge is 0.0488 e. The molecule has 1 saturated heterocycles. The summed E-state index contributed by atoms with van der Waals surface area (Å²) >= 11 is 9.87. The van der Waals surface area contributed by atoms with E-state index in [-0.39, 0.29) is 6.04 Å². The molecule has 5 heteroatoms. The highest BCUT2D eigenvalue weighted by molar-refractivity contribution is 9.10. The van der Waals surface area contributed by atoms with Crippen molar-refractivity contribution in [1.82, 2.24) is 9.80 Å². The van der Waals surface area contributed by atoms with Crippen molar-refractivity contribution in [2.45, 2.75) is 24.9 Å². The number of hydrogen-bond donors (Lipinski definition) is 1. The number of likely N-dealkylation sites (N-methyl/N-ethyl adjacent to an activating group) is 1. The molecule has 2 atom stereocenters. The minimum atomic E-state index is 0.211. The van der Waals surface area contributed by atoms with Crippen LogP contribution in [0.4, 0.5) is 0 Å². The van der Waals surface area contributed by atoms with Gasteiger partial charge in [-0.2, -0.15) is 0 Å². The highest BCUT2D eigenvalue weighted by Crippen LogP contribution is 2.34. The average molecular weight is 361 g/mol. The summed E-state index contributed by atoms with van der Waals surface area (Å²) in [5.41, 5.74) is 7.20. The van der Waals surface area contributed by atoms with Gasteiger partial charge in [0.05, 0.1) is 0 Å². The Morgan fingerprint density at radius 2 is 2.25 bits per heavy atom. The van der Waals surface area contributed by atoms with Gasteiger partial charge in [-0.05, 0) is 51.2 Å². The minimum absolute atomic E-state index is 0.211. The SMILES string of the molecule is CN(C)CC1CCCN1C(CN)c1ccc(Br)cc1Cl. The molecule has 1 aromatic rings. The van der Waals surface area contributed by atoms with Gasteiger partial charge in [-0.25, -0.2) is 0 Å². The first-order chi connectivity index (χ1) is 9.52. The first-order valence-corrected chi connectivity index (χ1v) is 8.25. The van der Waals surface area contributed by atoms with Crippen LogP contribution < -0.4 is 5.73 Å². The number of rotatable bonds is 5. The summed E-state index contributed by atoms with van der Waals surface area (Å²) in [6, 6.07) is 6.87. The molecule has 3 nitrogen and oxygen atoms in total. The van der Waals surface area contributed by atoms with Crippen LogP contribution in [0, 0.1) is 0 Å². The fourth-order valence-corrected chi connectivity index (χ4v) is 3.90. The zero-order valence-electron chi connectivity index (χ0n) is 12.1. The third kappa shape index (κ3) is 3.74. The van der Waals surface area contributed by atoms with Crippen molar-refractivity contribution in [2.75, 3.05) is 33.7 Å². The summed E-state index contributed by atoms with van der Waals surface area (Å²) < 4.78 is 1.01. The molecule has 1 fully saturated rings. The molecule has 1 heterocycles. The first kappa shape index (κ1) is 16.2. The highest BCUT2D eigenvalue weighted by atomic mass is 79.9. The molecule has 1 aliphatic rings. The Kier molecular flexibility index (Phi) is 5.87. The van der Waals surface area contributed by atoms with Crippen LogP contribution in [0.15, 0.2) is 22.7 Å². The number of hydrogen-bond acceptors (Lipinski definition) is 3. The van der Waals surface area contributed by atoms with Crippen LogP contribution >= 0.6 is 27.5 Å². The van der Waals surface area contributed by atoms with Gasteiger partial charge < -0.3 is 10.6 Å². The molecule has 2 rings (SSSR count). The minimum Gasteiger partial charge on any atom is -0.329 e. The van der Waals surface area contributed by atoms with Gasteiger partial charge in [0.2, 0.25) is 0 Å². The van der Waals surface area contributed by atoms with E-state index < -0.39 is 0 Å². The number of likely N-dealkylation sites (tertiary alicyclic amines) is 1. The van der Waals surface area contributed by atoms with Crippen molar-refractivity contribution in [1.29, 1.82) is 0 Å². The summed E-state index contributed by atoms with van der Waals surface area (Å²) in [6.07, 6.45) is 2.48. The summed E-state index contributed by atoms with van der Waals surface area (Å²) in [4.78, 5) is 4.77. The molecule has 112 valence electrons. The van der Waals surface area contributed by atoms with Gasteiger partial charge in [0.25, 0.3) is 0 Å². The van der Waals surface area contributed by atoms with Gasteiger partial charge in [-0.1, -0.05) is 33.6 Å². The maximum atomic E-state index is 6.41. The quantitative estimate of drug-likeness (QED) is 0.875. The molecule has 0 radical (unpaired) electrons. The fraction of sp³-hybridized carbons (Fsp3) is 0.600. The van der Waals surface area contributed by atoms with Crippen LogP contribution in [0.1, 0.15) is 24.4 Å². The maximum absolute atomic E-state index is 6.41. The lowest BCUT2D eigenvalue weighted by atomic mass is 10.0. The van der Waals surface area contributed by atoms with Crippen molar-refractivity contribution in [3.05, 3.63) is 33.3 Å². The van der Waals surface area contributed by atoms with E-state index >= 15 is 0 Å². The molecule has 1 aliphatic heterocycles. The molecular weight excluding hydrogens is 338 g/mol. The van der Waals surface area contributed by atoms with Crippen molar-refractivity contribution >= 4 is 27.5 Å². The lowest BCUT2D eigenvalue weighted by Gasteiger charge is -2.34. The Morgan fingerprint density at radius 1 is 1.50 bits per heavy atom. The molecule has 0 amide bonds. The standard InChI is InChI=1S/C15H23BrClN3/c1-19(2)10-12-4-3-7-20(12)15(9-18)13-6-5-11(16)8-14(13)17/h5-6,8,12,15H,3-4,7,9-10,18H2,1-2H3. The second-order valence-corrected chi connectivity index (χ2v) is 7.04. The molecular formula is C15H23BrClN3. The van der Waals surface area contributed by atoms with E-state index in [0.29, 0.717) is 12.6 Å². The maximum Gasteiger partial charge on any atom is 0.0488 e. The zero-order chi connectivity index (χ0) is 14.7. The predicted octanol–water partition coefficient (Wildman–Crippen LogP) is 3.13. The largest absolute Gasteiger partial charge is 0.329 e. The Labute approximate surface area is 135 Å². The van der Waals surface area contributed by atoms with E-state index in [1.165, 1.54) is 12.8 Å². The van der Waals surface area contributed by atoms with Gasteiger partial charge in [0, 0.05) is 34.7 Å². The monoisotopic (exact) mass is 359 g/mol. The Morgan fingerprint density at radius 3 is 2.85 bits per heavy atom. The van der Waals surface area contributed by atoms with Crippen LogP contribution in [0.2, 0.25) is 5.02 Å². The van der Waals surface area contributed by atoms with E-state index in [1.807, 2.05) is 12.1 Å². The third-order valence-corrected chi connectivity index (χ3v) is 4.76. The predicted molar refractivity (Wildman–Crippen MR) is 89.2 cm³/mol. The zero-order valence-corrected chi connectivity index (χ0v) is 14.5. The lowest BCUT2D eigenvalue weighted by molar-refractivity contribution is 0.156. The fourth-order valence-electron chi connectivity index (χ4n) is 3.10. The summed E-state index contributed by atoms with van der Waals surface area (Å²) in [5.74, 6) is 0. The number of nitrogens with zero attached hydrogens (tertiary/aromatic N) is 2. The van der Waals surface area contributed by atoms with E-state index in [0.717, 1.165) is 28.1 Å². The van der Waals surface area contributed by atoms with Crippen LogP contribution in [-0.2, 0) is 0 Å². The highest BCUT2D eigenvalue weighted by Gasteiger charge is 2.31. The van der Waals surface area contributed by atoms with Crippen LogP contribution in [-0.4, -0.2) is 49.6 Å². The molecule has 0 saturated carbocycles. The Balaban J connectivity index is 2.22. The van der Waals surface area contributed by atoms with Crippen LogP contribution in [0.25, 0.3) is 0 Å². The molecule has 20 heavy (non-hydrogen) atoms. The molecule has 2 unspecified atom stereocenters. The molecule has 0 bridgehead atoms. The lowest BCUT2D eigenvalue weighted by Crippen LogP contribution is -2.42. The van der Waals surface area contributed by atoms with Crippen molar-refractivity contribution in [3.63, 3.8) is 0 Å². The van der Waals surface area contributed by atoms with Crippen molar-refractivity contribution in [2.24, 2.45) is 5.73 Å². The van der Waals surface area contributed by atoms with Crippen LogP contribution in [0.3, 0.4) is 0 Å². The van der Waals surface area contributed by atoms with Gasteiger partial charge in [0.1, 0.15) is 0 Å². The van der Waals surface area contributed by atoms with E-state index in [4.69, 9.17) is 17.3 Å². The topological polar surface area (TPSA) is 32.5 Å². The summed E-state index contributed by atoms with van der Waals surface area (Å²) in [7, 11) is 4.25. The van der Waals surface area contributed by atoms with E-state index in [9.17, 15) is 0 Å². The van der Waals surface area contributed by atoms with Gasteiger partial charge in [-0.3, -0.25) is 4.90 Å². The van der Waals surface area contributed by atoms with Crippen LogP contribution in [0.5, 0.6) is 0 Å². The summed E-state index contributed by atoms with van der Waals surface area (Å²) in [5, 5.41) is 0.797. The molecule has 2 N–H and O–H groups in total. The second kappa shape index (κ2) is 7.23. The molecule has 0 aromatic heterocycles. The van der Waals surface area contributed by atoms with E-state index in [1.54, 1.807) is 0 Å². The van der Waals surface area contributed by atoms with Crippen molar-refractivity contribution in [3.8, 4) is 0 Å². The molecule has 0 aliphatic carbocycles. The number of benzene rings is 1. The van der Waals surface area contributed by atoms with Gasteiger partial charge >= 0.3 is 0 Å². The first-order valence-electron chi connectivity index (χ1n) is 7.08. The second-order valence-electron chi connectivity index (χ2n) is 5.71. The molecule has 1 aromatic carbocycles.